The maximum Gasteiger partial charge on any atom is 0.0897 e. The third-order valence-corrected chi connectivity index (χ3v) is 3.73. The quantitative estimate of drug-likeness (QED) is 0.768. The van der Waals surface area contributed by atoms with E-state index in [-0.39, 0.29) is 6.61 Å². The minimum absolute atomic E-state index is 0.250. The zero-order valence-corrected chi connectivity index (χ0v) is 10.8. The van der Waals surface area contributed by atoms with Crippen molar-refractivity contribution >= 4 is 23.1 Å². The van der Waals surface area contributed by atoms with Gasteiger partial charge in [0.2, 0.25) is 0 Å². The van der Waals surface area contributed by atoms with Crippen LogP contribution in [0.4, 0.5) is 0 Å². The van der Waals surface area contributed by atoms with Crippen LogP contribution in [-0.2, 0) is 6.54 Å². The smallest absolute Gasteiger partial charge is 0.0897 e. The van der Waals surface area contributed by atoms with E-state index in [1.54, 1.807) is 23.1 Å². The van der Waals surface area contributed by atoms with Gasteiger partial charge in [0.25, 0.3) is 0 Å². The Balaban J connectivity index is 2.32. The number of rotatable bonds is 7. The van der Waals surface area contributed by atoms with Crippen LogP contribution in [0.1, 0.15) is 16.3 Å². The van der Waals surface area contributed by atoms with Crippen molar-refractivity contribution in [2.45, 2.75) is 25.9 Å². The molecule has 0 aromatic carbocycles. The molecule has 15 heavy (non-hydrogen) atoms. The van der Waals surface area contributed by atoms with Crippen molar-refractivity contribution in [2.24, 2.45) is 0 Å². The molecule has 1 aromatic rings. The van der Waals surface area contributed by atoms with Gasteiger partial charge < -0.3 is 10.4 Å². The molecule has 0 fully saturated rings. The summed E-state index contributed by atoms with van der Waals surface area (Å²) in [7, 11) is 0. The van der Waals surface area contributed by atoms with Gasteiger partial charge in [-0.2, -0.15) is 11.8 Å². The largest absolute Gasteiger partial charge is 0.396 e. The second-order valence-corrected chi connectivity index (χ2v) is 5.62. The molecule has 1 heterocycles. The highest BCUT2D eigenvalue weighted by atomic mass is 32.2. The summed E-state index contributed by atoms with van der Waals surface area (Å²) in [5, 5.41) is 13.5. The zero-order valence-electron chi connectivity index (χ0n) is 9.19. The fourth-order valence-electron chi connectivity index (χ4n) is 1.33. The molecule has 1 aromatic heterocycles. The zero-order chi connectivity index (χ0) is 11.1. The molecule has 0 saturated carbocycles. The van der Waals surface area contributed by atoms with Crippen LogP contribution in [0.5, 0.6) is 0 Å². The van der Waals surface area contributed by atoms with Crippen LogP contribution in [0.25, 0.3) is 0 Å². The lowest BCUT2D eigenvalue weighted by atomic mass is 10.2. The number of thioether (sulfide) groups is 1. The summed E-state index contributed by atoms with van der Waals surface area (Å²) in [5.74, 6) is 1.04. The Hall–Kier alpha value is -0.100. The van der Waals surface area contributed by atoms with E-state index in [1.165, 1.54) is 4.88 Å². The SMILES string of the molecule is CSCC(CCO)NCc1cnc(C)s1. The Morgan fingerprint density at radius 3 is 3.00 bits per heavy atom. The normalized spacial score (nSPS) is 13.0. The molecule has 0 aliphatic heterocycles. The number of aliphatic hydroxyl groups is 1. The first-order chi connectivity index (χ1) is 7.26. The standard InChI is InChI=1S/C10H18N2OS2/c1-8-11-5-10(15-8)6-12-9(3-4-13)7-14-2/h5,9,12-13H,3-4,6-7H2,1-2H3. The molecule has 0 spiro atoms. The van der Waals surface area contributed by atoms with Crippen LogP contribution >= 0.6 is 23.1 Å². The Labute approximate surface area is 99.3 Å². The third-order valence-electron chi connectivity index (χ3n) is 2.08. The van der Waals surface area contributed by atoms with Gasteiger partial charge in [0, 0.05) is 36.0 Å². The molecule has 1 atom stereocenters. The fourth-order valence-corrected chi connectivity index (χ4v) is 2.77. The van der Waals surface area contributed by atoms with E-state index < -0.39 is 0 Å². The van der Waals surface area contributed by atoms with Crippen LogP contribution < -0.4 is 5.32 Å². The van der Waals surface area contributed by atoms with Crippen molar-refractivity contribution in [1.82, 2.24) is 10.3 Å². The highest BCUT2D eigenvalue weighted by molar-refractivity contribution is 7.98. The molecular formula is C10H18N2OS2. The van der Waals surface area contributed by atoms with E-state index in [1.807, 2.05) is 13.1 Å². The number of hydrogen-bond donors (Lipinski definition) is 2. The predicted molar refractivity (Wildman–Crippen MR) is 67.6 cm³/mol. The molecule has 1 unspecified atom stereocenters. The molecule has 0 aliphatic rings. The van der Waals surface area contributed by atoms with E-state index in [0.717, 1.165) is 23.7 Å². The molecule has 0 radical (unpaired) electrons. The predicted octanol–water partition coefficient (Wildman–Crippen LogP) is 1.66. The van der Waals surface area contributed by atoms with Crippen LogP contribution in [0, 0.1) is 6.92 Å². The molecule has 0 saturated heterocycles. The minimum Gasteiger partial charge on any atom is -0.396 e. The number of aryl methyl sites for hydroxylation is 1. The van der Waals surface area contributed by atoms with Crippen molar-refractivity contribution < 1.29 is 5.11 Å². The third kappa shape index (κ3) is 4.97. The van der Waals surface area contributed by atoms with Crippen LogP contribution in [0.2, 0.25) is 0 Å². The first-order valence-corrected chi connectivity index (χ1v) is 7.21. The second kappa shape index (κ2) is 7.22. The van der Waals surface area contributed by atoms with E-state index in [2.05, 4.69) is 16.6 Å². The lowest BCUT2D eigenvalue weighted by Crippen LogP contribution is -2.31. The van der Waals surface area contributed by atoms with Gasteiger partial charge >= 0.3 is 0 Å². The summed E-state index contributed by atoms with van der Waals surface area (Å²) in [6, 6.07) is 0.396. The first-order valence-electron chi connectivity index (χ1n) is 5.00. The number of hydrogen-bond acceptors (Lipinski definition) is 5. The Morgan fingerprint density at radius 2 is 2.47 bits per heavy atom. The molecule has 1 rings (SSSR count). The number of thiazole rings is 1. The summed E-state index contributed by atoms with van der Waals surface area (Å²) in [5.41, 5.74) is 0. The molecule has 3 nitrogen and oxygen atoms in total. The monoisotopic (exact) mass is 246 g/mol. The maximum absolute atomic E-state index is 8.91. The van der Waals surface area contributed by atoms with Crippen molar-refractivity contribution in [3.05, 3.63) is 16.1 Å². The lowest BCUT2D eigenvalue weighted by molar-refractivity contribution is 0.270. The molecule has 86 valence electrons. The van der Waals surface area contributed by atoms with Gasteiger partial charge in [-0.25, -0.2) is 4.98 Å². The first kappa shape index (κ1) is 13.0. The van der Waals surface area contributed by atoms with Gasteiger partial charge in [-0.3, -0.25) is 0 Å². The Kier molecular flexibility index (Phi) is 6.24. The highest BCUT2D eigenvalue weighted by Gasteiger charge is 2.07. The minimum atomic E-state index is 0.250. The molecule has 5 heteroatoms. The average Bonchev–Trinajstić information content (AvgIpc) is 2.61. The average molecular weight is 246 g/mol. The van der Waals surface area contributed by atoms with Gasteiger partial charge in [-0.15, -0.1) is 11.3 Å². The van der Waals surface area contributed by atoms with Crippen LogP contribution in [0.3, 0.4) is 0 Å². The molecule has 0 amide bonds. The fraction of sp³-hybridized carbons (Fsp3) is 0.700. The molecular weight excluding hydrogens is 228 g/mol. The van der Waals surface area contributed by atoms with E-state index >= 15 is 0 Å². The van der Waals surface area contributed by atoms with Gasteiger partial charge in [0.05, 0.1) is 5.01 Å². The number of aromatic nitrogens is 1. The summed E-state index contributed by atoms with van der Waals surface area (Å²) in [4.78, 5) is 5.47. The number of nitrogens with one attached hydrogen (secondary N) is 1. The van der Waals surface area contributed by atoms with Crippen molar-refractivity contribution in [3.63, 3.8) is 0 Å². The van der Waals surface area contributed by atoms with Crippen LogP contribution in [-0.4, -0.2) is 34.7 Å². The van der Waals surface area contributed by atoms with Crippen molar-refractivity contribution in [3.8, 4) is 0 Å². The van der Waals surface area contributed by atoms with Gasteiger partial charge in [-0.1, -0.05) is 0 Å². The van der Waals surface area contributed by atoms with E-state index in [9.17, 15) is 0 Å². The topological polar surface area (TPSA) is 45.1 Å². The number of nitrogens with zero attached hydrogens (tertiary/aromatic N) is 1. The molecule has 2 N–H and O–H groups in total. The lowest BCUT2D eigenvalue weighted by Gasteiger charge is -2.15. The van der Waals surface area contributed by atoms with Gasteiger partial charge in [0.15, 0.2) is 0 Å². The Bertz CT molecular complexity index is 272. The van der Waals surface area contributed by atoms with Crippen molar-refractivity contribution in [2.75, 3.05) is 18.6 Å². The highest BCUT2D eigenvalue weighted by Crippen LogP contribution is 2.11. The Morgan fingerprint density at radius 1 is 1.67 bits per heavy atom. The van der Waals surface area contributed by atoms with Crippen LogP contribution in [0.15, 0.2) is 6.20 Å². The maximum atomic E-state index is 8.91. The molecule has 0 aliphatic carbocycles. The van der Waals surface area contributed by atoms with E-state index in [4.69, 9.17) is 5.11 Å². The van der Waals surface area contributed by atoms with E-state index in [0.29, 0.717) is 6.04 Å². The van der Waals surface area contributed by atoms with Crippen molar-refractivity contribution in [1.29, 1.82) is 0 Å². The van der Waals surface area contributed by atoms with Gasteiger partial charge in [-0.05, 0) is 19.6 Å². The molecule has 0 bridgehead atoms. The summed E-state index contributed by atoms with van der Waals surface area (Å²) < 4.78 is 0. The second-order valence-electron chi connectivity index (χ2n) is 3.39. The summed E-state index contributed by atoms with van der Waals surface area (Å²) >= 11 is 3.53. The summed E-state index contributed by atoms with van der Waals surface area (Å²) in [6.45, 7) is 3.12. The number of aliphatic hydroxyl groups excluding tert-OH is 1. The summed E-state index contributed by atoms with van der Waals surface area (Å²) in [6.07, 6.45) is 4.82. The van der Waals surface area contributed by atoms with Gasteiger partial charge in [0.1, 0.15) is 0 Å².